The summed E-state index contributed by atoms with van der Waals surface area (Å²) in [5.74, 6) is -1.95. The molecule has 2 atom stereocenters. The van der Waals surface area contributed by atoms with Crippen LogP contribution in [0.1, 0.15) is 17.9 Å². The normalized spacial score (nSPS) is 25.1. The Labute approximate surface area is 115 Å². The fourth-order valence-electron chi connectivity index (χ4n) is 2.38. The van der Waals surface area contributed by atoms with E-state index in [2.05, 4.69) is 0 Å². The Morgan fingerprint density at radius 3 is 2.95 bits per heavy atom. The zero-order valence-electron chi connectivity index (χ0n) is 10.2. The minimum absolute atomic E-state index is 0.157. The molecule has 0 radical (unpaired) electrons. The molecule has 1 aromatic carbocycles. The van der Waals surface area contributed by atoms with Gasteiger partial charge in [0.1, 0.15) is 5.82 Å². The van der Waals surface area contributed by atoms with Crippen LogP contribution >= 0.6 is 11.6 Å². The summed E-state index contributed by atoms with van der Waals surface area (Å²) in [6.45, 7) is 0. The van der Waals surface area contributed by atoms with Gasteiger partial charge >= 0.3 is 5.97 Å². The first-order chi connectivity index (χ1) is 9.06. The number of hydrogen-bond acceptors (Lipinski definition) is 3. The number of hydrogen-bond donors (Lipinski definition) is 0. The van der Waals surface area contributed by atoms with Crippen LogP contribution in [0.3, 0.4) is 0 Å². The lowest BCUT2D eigenvalue weighted by atomic mass is 9.74. The molecular formula is C14H11ClFNO2. The van der Waals surface area contributed by atoms with Crippen LogP contribution in [0, 0.1) is 22.6 Å². The SMILES string of the molecule is COC(=O)[C@]1(C#N)CC=C[C@H]1c1c(F)cccc1Cl. The van der Waals surface area contributed by atoms with Gasteiger partial charge in [-0.15, -0.1) is 0 Å². The Balaban J connectivity index is 2.58. The van der Waals surface area contributed by atoms with Crippen molar-refractivity contribution < 1.29 is 13.9 Å². The number of carbonyl (C=O) groups excluding carboxylic acids is 1. The Morgan fingerprint density at radius 1 is 1.63 bits per heavy atom. The van der Waals surface area contributed by atoms with Crippen molar-refractivity contribution in [1.82, 2.24) is 0 Å². The van der Waals surface area contributed by atoms with Crippen LogP contribution in [0.5, 0.6) is 0 Å². The topological polar surface area (TPSA) is 50.1 Å². The highest BCUT2D eigenvalue weighted by Crippen LogP contribution is 2.48. The van der Waals surface area contributed by atoms with E-state index in [1.165, 1.54) is 25.3 Å². The number of benzene rings is 1. The second-order valence-electron chi connectivity index (χ2n) is 4.32. The number of rotatable bonds is 2. The molecule has 0 unspecified atom stereocenters. The zero-order chi connectivity index (χ0) is 14.0. The average molecular weight is 280 g/mol. The number of carbonyl (C=O) groups is 1. The smallest absolute Gasteiger partial charge is 0.327 e. The maximum absolute atomic E-state index is 14.0. The molecule has 0 amide bonds. The third kappa shape index (κ3) is 2.00. The van der Waals surface area contributed by atoms with Gasteiger partial charge in [-0.2, -0.15) is 5.26 Å². The summed E-state index contributed by atoms with van der Waals surface area (Å²) in [5, 5.41) is 9.57. The molecule has 5 heteroatoms. The summed E-state index contributed by atoms with van der Waals surface area (Å²) >= 11 is 6.01. The molecule has 2 rings (SSSR count). The van der Waals surface area contributed by atoms with E-state index < -0.39 is 23.1 Å². The molecule has 0 spiro atoms. The molecule has 1 aliphatic rings. The molecule has 0 aliphatic heterocycles. The van der Waals surface area contributed by atoms with Crippen LogP contribution in [-0.2, 0) is 9.53 Å². The van der Waals surface area contributed by atoms with Gasteiger partial charge in [0, 0.05) is 16.5 Å². The predicted octanol–water partition coefficient (Wildman–Crippen LogP) is 3.21. The Kier molecular flexibility index (Phi) is 3.59. The molecule has 1 aliphatic carbocycles. The highest BCUT2D eigenvalue weighted by Gasteiger charge is 2.50. The molecular weight excluding hydrogens is 269 g/mol. The Hall–Kier alpha value is -1.86. The lowest BCUT2D eigenvalue weighted by molar-refractivity contribution is -0.149. The van der Waals surface area contributed by atoms with E-state index in [1.807, 2.05) is 6.07 Å². The van der Waals surface area contributed by atoms with Gasteiger partial charge in [0.05, 0.1) is 13.2 Å². The number of nitriles is 1. The van der Waals surface area contributed by atoms with Crippen LogP contribution in [0.4, 0.5) is 4.39 Å². The standard InChI is InChI=1S/C14H11ClFNO2/c1-19-13(18)14(8-17)7-3-4-9(14)12-10(15)5-2-6-11(12)16/h2-6,9H,7H2,1H3/t9-,14-/m0/s1. The Bertz CT molecular complexity index is 573. The highest BCUT2D eigenvalue weighted by molar-refractivity contribution is 6.31. The molecule has 19 heavy (non-hydrogen) atoms. The molecule has 0 bridgehead atoms. The van der Waals surface area contributed by atoms with Crippen LogP contribution in [0.2, 0.25) is 5.02 Å². The van der Waals surface area contributed by atoms with Crippen molar-refractivity contribution in [3.05, 3.63) is 46.8 Å². The number of methoxy groups -OCH3 is 1. The summed E-state index contributed by atoms with van der Waals surface area (Å²) < 4.78 is 18.7. The van der Waals surface area contributed by atoms with Crippen molar-refractivity contribution in [3.8, 4) is 6.07 Å². The lowest BCUT2D eigenvalue weighted by Gasteiger charge is -2.26. The fourth-order valence-corrected chi connectivity index (χ4v) is 2.67. The quantitative estimate of drug-likeness (QED) is 0.617. The maximum atomic E-state index is 14.0. The monoisotopic (exact) mass is 279 g/mol. The number of halogens is 2. The van der Waals surface area contributed by atoms with Crippen molar-refractivity contribution in [2.75, 3.05) is 7.11 Å². The number of esters is 1. The third-order valence-electron chi connectivity index (χ3n) is 3.36. The van der Waals surface area contributed by atoms with E-state index >= 15 is 0 Å². The molecule has 1 aromatic rings. The van der Waals surface area contributed by atoms with Crippen molar-refractivity contribution >= 4 is 17.6 Å². The highest BCUT2D eigenvalue weighted by atomic mass is 35.5. The van der Waals surface area contributed by atoms with E-state index in [-0.39, 0.29) is 17.0 Å². The van der Waals surface area contributed by atoms with Crippen LogP contribution in [-0.4, -0.2) is 13.1 Å². The first-order valence-corrected chi connectivity index (χ1v) is 6.05. The zero-order valence-corrected chi connectivity index (χ0v) is 10.9. The molecule has 0 heterocycles. The largest absolute Gasteiger partial charge is 0.468 e. The molecule has 3 nitrogen and oxygen atoms in total. The number of nitrogens with zero attached hydrogens (tertiary/aromatic N) is 1. The molecule has 0 aromatic heterocycles. The van der Waals surface area contributed by atoms with E-state index in [9.17, 15) is 14.4 Å². The number of allylic oxidation sites excluding steroid dienone is 2. The second kappa shape index (κ2) is 5.02. The second-order valence-corrected chi connectivity index (χ2v) is 4.73. The summed E-state index contributed by atoms with van der Waals surface area (Å²) in [6.07, 6.45) is 3.49. The number of ether oxygens (including phenoxy) is 1. The van der Waals surface area contributed by atoms with Crippen LogP contribution in [0.25, 0.3) is 0 Å². The van der Waals surface area contributed by atoms with Crippen LogP contribution < -0.4 is 0 Å². The molecule has 0 N–H and O–H groups in total. The third-order valence-corrected chi connectivity index (χ3v) is 3.69. The van der Waals surface area contributed by atoms with E-state index in [4.69, 9.17) is 16.3 Å². The van der Waals surface area contributed by atoms with Gasteiger partial charge in [-0.1, -0.05) is 29.8 Å². The first-order valence-electron chi connectivity index (χ1n) is 5.67. The summed E-state index contributed by atoms with van der Waals surface area (Å²) in [6, 6.07) is 6.24. The van der Waals surface area contributed by atoms with Gasteiger partial charge in [0.15, 0.2) is 5.41 Å². The van der Waals surface area contributed by atoms with E-state index in [1.54, 1.807) is 12.2 Å². The minimum atomic E-state index is -1.44. The summed E-state index contributed by atoms with van der Waals surface area (Å²) in [5.41, 5.74) is -1.29. The van der Waals surface area contributed by atoms with Gasteiger partial charge in [-0.3, -0.25) is 4.79 Å². The van der Waals surface area contributed by atoms with Gasteiger partial charge in [-0.05, 0) is 18.6 Å². The van der Waals surface area contributed by atoms with Crippen molar-refractivity contribution in [2.45, 2.75) is 12.3 Å². The van der Waals surface area contributed by atoms with E-state index in [0.717, 1.165) is 0 Å². The summed E-state index contributed by atoms with van der Waals surface area (Å²) in [4.78, 5) is 11.9. The lowest BCUT2D eigenvalue weighted by Crippen LogP contribution is -2.34. The maximum Gasteiger partial charge on any atom is 0.327 e. The first kappa shape index (κ1) is 13.6. The van der Waals surface area contributed by atoms with Crippen molar-refractivity contribution in [1.29, 1.82) is 5.26 Å². The van der Waals surface area contributed by atoms with Gasteiger partial charge in [-0.25, -0.2) is 4.39 Å². The predicted molar refractivity (Wildman–Crippen MR) is 68.0 cm³/mol. The van der Waals surface area contributed by atoms with Gasteiger partial charge < -0.3 is 4.74 Å². The summed E-state index contributed by atoms with van der Waals surface area (Å²) in [7, 11) is 1.21. The molecule has 0 fully saturated rings. The van der Waals surface area contributed by atoms with Gasteiger partial charge in [0.25, 0.3) is 0 Å². The van der Waals surface area contributed by atoms with Crippen molar-refractivity contribution in [2.24, 2.45) is 5.41 Å². The molecule has 0 saturated heterocycles. The molecule has 98 valence electrons. The molecule has 0 saturated carbocycles. The van der Waals surface area contributed by atoms with Crippen LogP contribution in [0.15, 0.2) is 30.4 Å². The Morgan fingerprint density at radius 2 is 2.37 bits per heavy atom. The van der Waals surface area contributed by atoms with E-state index in [0.29, 0.717) is 0 Å². The van der Waals surface area contributed by atoms with Gasteiger partial charge in [0.2, 0.25) is 0 Å². The van der Waals surface area contributed by atoms with Crippen molar-refractivity contribution in [3.63, 3.8) is 0 Å². The fraction of sp³-hybridized carbons (Fsp3) is 0.286. The minimum Gasteiger partial charge on any atom is -0.468 e. The average Bonchev–Trinajstić information content (AvgIpc) is 2.82.